The highest BCUT2D eigenvalue weighted by molar-refractivity contribution is 6.40. The lowest BCUT2D eigenvalue weighted by Gasteiger charge is -2.22. The van der Waals surface area contributed by atoms with Gasteiger partial charge in [-0.3, -0.25) is 14.5 Å². The molecular formula is C12H13ClN2O3. The molecule has 5 nitrogen and oxygen atoms in total. The maximum atomic E-state index is 12.0. The summed E-state index contributed by atoms with van der Waals surface area (Å²) in [5, 5.41) is 12.4. The molecule has 1 aliphatic heterocycles. The van der Waals surface area contributed by atoms with Crippen molar-refractivity contribution in [3.8, 4) is 5.75 Å². The number of aromatic hydroxyl groups is 1. The number of hydrogen-bond donors (Lipinski definition) is 2. The first-order chi connectivity index (χ1) is 8.48. The first kappa shape index (κ1) is 12.7. The van der Waals surface area contributed by atoms with E-state index >= 15 is 0 Å². The van der Waals surface area contributed by atoms with E-state index in [4.69, 9.17) is 11.6 Å². The van der Waals surface area contributed by atoms with Gasteiger partial charge in [0.05, 0.1) is 12.1 Å². The number of phenols is 1. The number of amides is 2. The van der Waals surface area contributed by atoms with Crippen LogP contribution < -0.4 is 5.32 Å². The SMILES string of the molecule is CCN1C(=O)CC(Cl)(Nc2ccccc2O)C1=O. The van der Waals surface area contributed by atoms with Crippen molar-refractivity contribution in [2.24, 2.45) is 0 Å². The smallest absolute Gasteiger partial charge is 0.270 e. The van der Waals surface area contributed by atoms with Crippen LogP contribution in [0.15, 0.2) is 24.3 Å². The summed E-state index contributed by atoms with van der Waals surface area (Å²) in [7, 11) is 0. The van der Waals surface area contributed by atoms with Gasteiger partial charge in [0.15, 0.2) is 0 Å². The van der Waals surface area contributed by atoms with E-state index in [-0.39, 0.29) is 24.6 Å². The van der Waals surface area contributed by atoms with Crippen molar-refractivity contribution in [3.05, 3.63) is 24.3 Å². The fourth-order valence-corrected chi connectivity index (χ4v) is 2.24. The molecule has 1 aromatic carbocycles. The van der Waals surface area contributed by atoms with Crippen molar-refractivity contribution in [3.63, 3.8) is 0 Å². The Labute approximate surface area is 109 Å². The molecule has 0 radical (unpaired) electrons. The van der Waals surface area contributed by atoms with E-state index in [1.807, 2.05) is 0 Å². The van der Waals surface area contributed by atoms with Crippen molar-refractivity contribution in [2.75, 3.05) is 11.9 Å². The number of nitrogens with zero attached hydrogens (tertiary/aromatic N) is 1. The predicted octanol–water partition coefficient (Wildman–Crippen LogP) is 1.52. The first-order valence-electron chi connectivity index (χ1n) is 5.58. The summed E-state index contributed by atoms with van der Waals surface area (Å²) in [5.41, 5.74) is 0.326. The first-order valence-corrected chi connectivity index (χ1v) is 5.95. The zero-order valence-electron chi connectivity index (χ0n) is 9.81. The van der Waals surface area contributed by atoms with Crippen LogP contribution in [-0.4, -0.2) is 33.4 Å². The minimum atomic E-state index is -1.51. The summed E-state index contributed by atoms with van der Waals surface area (Å²) in [6.45, 7) is 1.99. The minimum absolute atomic E-state index is 0.0206. The molecule has 1 aromatic rings. The van der Waals surface area contributed by atoms with E-state index in [1.54, 1.807) is 25.1 Å². The third kappa shape index (κ3) is 2.01. The number of halogens is 1. The fraction of sp³-hybridized carbons (Fsp3) is 0.333. The van der Waals surface area contributed by atoms with E-state index in [9.17, 15) is 14.7 Å². The average molecular weight is 269 g/mol. The molecule has 0 aliphatic carbocycles. The molecule has 2 amide bonds. The number of rotatable bonds is 3. The summed E-state index contributed by atoms with van der Waals surface area (Å²) >= 11 is 6.16. The molecular weight excluding hydrogens is 256 g/mol. The van der Waals surface area contributed by atoms with Crippen LogP contribution in [0.25, 0.3) is 0 Å². The van der Waals surface area contributed by atoms with Gasteiger partial charge in [0.1, 0.15) is 5.75 Å². The van der Waals surface area contributed by atoms with Crippen LogP contribution in [0.1, 0.15) is 13.3 Å². The molecule has 1 unspecified atom stereocenters. The molecule has 6 heteroatoms. The highest BCUT2D eigenvalue weighted by atomic mass is 35.5. The molecule has 0 bridgehead atoms. The van der Waals surface area contributed by atoms with Gasteiger partial charge in [-0.15, -0.1) is 0 Å². The number of nitrogens with one attached hydrogen (secondary N) is 1. The van der Waals surface area contributed by atoms with Crippen LogP contribution >= 0.6 is 11.6 Å². The number of anilines is 1. The fourth-order valence-electron chi connectivity index (χ4n) is 1.92. The number of phenolic OH excluding ortho intramolecular Hbond substituents is 1. The Kier molecular flexibility index (Phi) is 3.17. The van der Waals surface area contributed by atoms with Crippen molar-refractivity contribution in [2.45, 2.75) is 18.3 Å². The Bertz CT molecular complexity index is 506. The van der Waals surface area contributed by atoms with Crippen molar-refractivity contribution < 1.29 is 14.7 Å². The molecule has 0 spiro atoms. The van der Waals surface area contributed by atoms with Crippen LogP contribution in [0.4, 0.5) is 5.69 Å². The van der Waals surface area contributed by atoms with Gasteiger partial charge >= 0.3 is 0 Å². The molecule has 18 heavy (non-hydrogen) atoms. The quantitative estimate of drug-likeness (QED) is 0.377. The summed E-state index contributed by atoms with van der Waals surface area (Å²) in [4.78, 5) is 23.2. The van der Waals surface area contributed by atoms with Crippen LogP contribution in [0.3, 0.4) is 0 Å². The molecule has 2 rings (SSSR count). The number of hydrogen-bond acceptors (Lipinski definition) is 4. The molecule has 1 heterocycles. The van der Waals surface area contributed by atoms with Gasteiger partial charge in [-0.25, -0.2) is 0 Å². The van der Waals surface area contributed by atoms with Crippen LogP contribution in [-0.2, 0) is 9.59 Å². The van der Waals surface area contributed by atoms with Gasteiger partial charge < -0.3 is 10.4 Å². The topological polar surface area (TPSA) is 69.6 Å². The van der Waals surface area contributed by atoms with Gasteiger partial charge in [0, 0.05) is 6.54 Å². The second-order valence-corrected chi connectivity index (χ2v) is 4.71. The number of likely N-dealkylation sites (tertiary alicyclic amines) is 1. The second kappa shape index (κ2) is 4.49. The van der Waals surface area contributed by atoms with Crippen LogP contribution in [0.5, 0.6) is 5.75 Å². The van der Waals surface area contributed by atoms with Gasteiger partial charge in [0.2, 0.25) is 10.9 Å². The Hall–Kier alpha value is -1.75. The highest BCUT2D eigenvalue weighted by Gasteiger charge is 2.50. The monoisotopic (exact) mass is 268 g/mol. The summed E-state index contributed by atoms with van der Waals surface area (Å²) in [6.07, 6.45) is -0.129. The number of imide groups is 1. The molecule has 96 valence electrons. The second-order valence-electron chi connectivity index (χ2n) is 4.06. The number of alkyl halides is 1. The Morgan fingerprint density at radius 2 is 2.11 bits per heavy atom. The molecule has 1 aliphatic rings. The molecule has 1 saturated heterocycles. The highest BCUT2D eigenvalue weighted by Crippen LogP contribution is 2.34. The number of carbonyl (C=O) groups excluding carboxylic acids is 2. The molecule has 1 atom stereocenters. The standard InChI is InChI=1S/C12H13ClN2O3/c1-2-15-10(17)7-12(13,11(15)18)14-8-5-3-4-6-9(8)16/h3-6,14,16H,2,7H2,1H3. The Morgan fingerprint density at radius 1 is 1.44 bits per heavy atom. The van der Waals surface area contributed by atoms with Gasteiger partial charge in [0.25, 0.3) is 5.91 Å². The minimum Gasteiger partial charge on any atom is -0.506 e. The van der Waals surface area contributed by atoms with Crippen molar-refractivity contribution >= 4 is 29.1 Å². The van der Waals surface area contributed by atoms with Crippen molar-refractivity contribution in [1.29, 1.82) is 0 Å². The van der Waals surface area contributed by atoms with Gasteiger partial charge in [-0.05, 0) is 19.1 Å². The van der Waals surface area contributed by atoms with Crippen molar-refractivity contribution in [1.82, 2.24) is 4.90 Å². The number of para-hydroxylation sites is 2. The predicted molar refractivity (Wildman–Crippen MR) is 67.3 cm³/mol. The largest absolute Gasteiger partial charge is 0.506 e. The van der Waals surface area contributed by atoms with Crippen LogP contribution in [0, 0.1) is 0 Å². The zero-order valence-corrected chi connectivity index (χ0v) is 10.6. The van der Waals surface area contributed by atoms with E-state index in [0.717, 1.165) is 4.90 Å². The number of benzene rings is 1. The average Bonchev–Trinajstić information content (AvgIpc) is 2.53. The summed E-state index contributed by atoms with van der Waals surface area (Å²) < 4.78 is 0. The number of carbonyl (C=O) groups is 2. The molecule has 0 saturated carbocycles. The third-order valence-corrected chi connectivity index (χ3v) is 3.22. The number of likely N-dealkylation sites (N-methyl/N-ethyl adjacent to an activating group) is 1. The lowest BCUT2D eigenvalue weighted by Crippen LogP contribution is -2.41. The summed E-state index contributed by atoms with van der Waals surface area (Å²) in [6, 6.07) is 6.41. The molecule has 0 aromatic heterocycles. The van der Waals surface area contributed by atoms with E-state index in [2.05, 4.69) is 5.32 Å². The van der Waals surface area contributed by atoms with E-state index in [1.165, 1.54) is 6.07 Å². The maximum Gasteiger partial charge on any atom is 0.270 e. The normalized spacial score (nSPS) is 23.6. The van der Waals surface area contributed by atoms with Gasteiger partial charge in [-0.2, -0.15) is 0 Å². The van der Waals surface area contributed by atoms with Crippen LogP contribution in [0.2, 0.25) is 0 Å². The third-order valence-electron chi connectivity index (χ3n) is 2.83. The zero-order chi connectivity index (χ0) is 13.3. The lowest BCUT2D eigenvalue weighted by molar-refractivity contribution is -0.138. The lowest BCUT2D eigenvalue weighted by atomic mass is 10.2. The van der Waals surface area contributed by atoms with E-state index in [0.29, 0.717) is 5.69 Å². The molecule has 2 N–H and O–H groups in total. The molecule has 1 fully saturated rings. The Balaban J connectivity index is 2.26. The van der Waals surface area contributed by atoms with Gasteiger partial charge in [-0.1, -0.05) is 23.7 Å². The Morgan fingerprint density at radius 3 is 2.67 bits per heavy atom. The maximum absolute atomic E-state index is 12.0. The summed E-state index contributed by atoms with van der Waals surface area (Å²) in [5.74, 6) is -0.826. The van der Waals surface area contributed by atoms with E-state index < -0.39 is 10.9 Å².